The molecule has 2 aliphatic carbocycles. The van der Waals surface area contributed by atoms with E-state index in [0.717, 1.165) is 22.5 Å². The van der Waals surface area contributed by atoms with Gasteiger partial charge < -0.3 is 10.6 Å². The molecule has 0 saturated heterocycles. The molecule has 220 valence electrons. The molecule has 42 heavy (non-hydrogen) atoms. The van der Waals surface area contributed by atoms with Gasteiger partial charge in [0.2, 0.25) is 0 Å². The fraction of sp³-hybridized carbons (Fsp3) is 0.353. The van der Waals surface area contributed by atoms with Crippen LogP contribution < -0.4 is 21.5 Å². The molecular formula is C34H42N6O2. The van der Waals surface area contributed by atoms with Gasteiger partial charge in [-0.05, 0) is 91.4 Å². The summed E-state index contributed by atoms with van der Waals surface area (Å²) in [6.45, 7) is 4.00. The number of hydrazone groups is 2. The van der Waals surface area contributed by atoms with Crippen LogP contribution in [0.1, 0.15) is 97.1 Å². The molecule has 0 aliphatic heterocycles. The predicted octanol–water partition coefficient (Wildman–Crippen LogP) is 6.95. The topological polar surface area (TPSA) is 107 Å². The molecule has 2 fully saturated rings. The summed E-state index contributed by atoms with van der Waals surface area (Å²) in [6.07, 6.45) is 13.0. The summed E-state index contributed by atoms with van der Waals surface area (Å²) in [5.74, 6) is -0.544. The van der Waals surface area contributed by atoms with Crippen molar-refractivity contribution in [1.82, 2.24) is 10.9 Å². The van der Waals surface area contributed by atoms with Crippen LogP contribution in [0.15, 0.2) is 83.0 Å². The monoisotopic (exact) mass is 566 g/mol. The first-order valence-electron chi connectivity index (χ1n) is 15.1. The Hall–Kier alpha value is -4.46. The maximum absolute atomic E-state index is 12.5. The van der Waals surface area contributed by atoms with Crippen molar-refractivity contribution >= 4 is 35.6 Å². The summed E-state index contributed by atoms with van der Waals surface area (Å²) in [7, 11) is 0. The second-order valence-electron chi connectivity index (χ2n) is 10.5. The fourth-order valence-electron chi connectivity index (χ4n) is 5.23. The van der Waals surface area contributed by atoms with Crippen molar-refractivity contribution in [2.24, 2.45) is 10.2 Å². The van der Waals surface area contributed by atoms with Gasteiger partial charge in [-0.25, -0.2) is 10.9 Å². The molecule has 3 aromatic rings. The van der Waals surface area contributed by atoms with Crippen LogP contribution in [0, 0.1) is 0 Å². The van der Waals surface area contributed by atoms with E-state index in [-0.39, 0.29) is 11.8 Å². The number of hydrogen-bond acceptors (Lipinski definition) is 6. The minimum absolute atomic E-state index is 0.272. The van der Waals surface area contributed by atoms with Crippen molar-refractivity contribution in [1.29, 1.82) is 0 Å². The molecule has 0 radical (unpaired) electrons. The van der Waals surface area contributed by atoms with Crippen LogP contribution in [0.2, 0.25) is 0 Å². The van der Waals surface area contributed by atoms with Gasteiger partial charge in [-0.2, -0.15) is 10.2 Å². The number of hydrogen-bond donors (Lipinski definition) is 4. The highest BCUT2D eigenvalue weighted by atomic mass is 16.2. The van der Waals surface area contributed by atoms with Crippen molar-refractivity contribution in [3.05, 3.63) is 95.1 Å². The van der Waals surface area contributed by atoms with Crippen molar-refractivity contribution in [3.8, 4) is 0 Å². The Morgan fingerprint density at radius 2 is 1.00 bits per heavy atom. The van der Waals surface area contributed by atoms with Gasteiger partial charge in [0.15, 0.2) is 0 Å². The van der Waals surface area contributed by atoms with Crippen molar-refractivity contribution in [2.75, 3.05) is 10.6 Å². The van der Waals surface area contributed by atoms with E-state index >= 15 is 0 Å². The van der Waals surface area contributed by atoms with Gasteiger partial charge in [-0.3, -0.25) is 9.59 Å². The summed E-state index contributed by atoms with van der Waals surface area (Å²) in [5, 5.41) is 15.2. The van der Waals surface area contributed by atoms with Crippen LogP contribution in [0.3, 0.4) is 0 Å². The lowest BCUT2D eigenvalue weighted by molar-refractivity contribution is 0.0947. The number of benzene rings is 3. The average molecular weight is 567 g/mol. The SMILES string of the molecule is CC.O=C(N/N=C/c1cccc(/C=N/NC(=O)c2ccc(NC3CCCC3)cc2)c1)c1ccc(NC2CCCC2)cc1. The molecule has 5 rings (SSSR count). The van der Waals surface area contributed by atoms with Crippen LogP contribution in [0.25, 0.3) is 0 Å². The van der Waals surface area contributed by atoms with E-state index in [1.807, 2.05) is 62.4 Å². The van der Waals surface area contributed by atoms with E-state index < -0.39 is 0 Å². The Bertz CT molecular complexity index is 1240. The smallest absolute Gasteiger partial charge is 0.271 e. The quantitative estimate of drug-likeness (QED) is 0.157. The van der Waals surface area contributed by atoms with E-state index in [9.17, 15) is 9.59 Å². The lowest BCUT2D eigenvalue weighted by atomic mass is 10.1. The molecule has 8 heteroatoms. The highest BCUT2D eigenvalue weighted by molar-refractivity contribution is 5.96. The number of carbonyl (C=O) groups is 2. The zero-order chi connectivity index (χ0) is 29.6. The van der Waals surface area contributed by atoms with Gasteiger partial charge in [0.05, 0.1) is 12.4 Å². The summed E-state index contributed by atoms with van der Waals surface area (Å²) in [5.41, 5.74) is 9.89. The zero-order valence-corrected chi connectivity index (χ0v) is 24.6. The molecule has 0 bridgehead atoms. The zero-order valence-electron chi connectivity index (χ0n) is 24.6. The Morgan fingerprint density at radius 3 is 1.38 bits per heavy atom. The second kappa shape index (κ2) is 16.1. The summed E-state index contributed by atoms with van der Waals surface area (Å²) < 4.78 is 0. The molecule has 0 aromatic heterocycles. The first-order chi connectivity index (χ1) is 20.6. The lowest BCUT2D eigenvalue weighted by Gasteiger charge is -2.13. The molecule has 3 aromatic carbocycles. The van der Waals surface area contributed by atoms with Gasteiger partial charge in [-0.1, -0.05) is 57.7 Å². The number of nitrogens with one attached hydrogen (secondary N) is 4. The molecule has 2 saturated carbocycles. The van der Waals surface area contributed by atoms with Crippen LogP contribution in [-0.4, -0.2) is 36.3 Å². The average Bonchev–Trinajstić information content (AvgIpc) is 3.74. The number of anilines is 2. The van der Waals surface area contributed by atoms with E-state index in [2.05, 4.69) is 31.7 Å². The normalized spacial score (nSPS) is 15.4. The van der Waals surface area contributed by atoms with Crippen LogP contribution in [0.4, 0.5) is 11.4 Å². The van der Waals surface area contributed by atoms with E-state index in [4.69, 9.17) is 0 Å². The summed E-state index contributed by atoms with van der Waals surface area (Å²) in [4.78, 5) is 24.9. The largest absolute Gasteiger partial charge is 0.382 e. The molecule has 0 atom stereocenters. The molecule has 4 N–H and O–H groups in total. The summed E-state index contributed by atoms with van der Waals surface area (Å²) >= 11 is 0. The molecular weight excluding hydrogens is 524 g/mol. The molecule has 2 amide bonds. The van der Waals surface area contributed by atoms with Gasteiger partial charge in [0.1, 0.15) is 0 Å². The highest BCUT2D eigenvalue weighted by Gasteiger charge is 2.15. The molecule has 0 heterocycles. The van der Waals surface area contributed by atoms with Gasteiger partial charge >= 0.3 is 0 Å². The van der Waals surface area contributed by atoms with E-state index in [0.29, 0.717) is 23.2 Å². The third-order valence-electron chi connectivity index (χ3n) is 7.42. The summed E-state index contributed by atoms with van der Waals surface area (Å²) in [6, 6.07) is 23.5. The third kappa shape index (κ3) is 9.29. The van der Waals surface area contributed by atoms with Crippen LogP contribution >= 0.6 is 0 Å². The van der Waals surface area contributed by atoms with Crippen LogP contribution in [0.5, 0.6) is 0 Å². The molecule has 2 aliphatic rings. The highest BCUT2D eigenvalue weighted by Crippen LogP contribution is 2.23. The Labute approximate surface area is 249 Å². The number of carbonyl (C=O) groups excluding carboxylic acids is 2. The first-order valence-corrected chi connectivity index (χ1v) is 15.1. The van der Waals surface area contributed by atoms with Gasteiger partial charge in [0.25, 0.3) is 11.8 Å². The van der Waals surface area contributed by atoms with Crippen LogP contribution in [-0.2, 0) is 0 Å². The predicted molar refractivity (Wildman–Crippen MR) is 173 cm³/mol. The minimum atomic E-state index is -0.272. The Balaban J connectivity index is 0.00000198. The third-order valence-corrected chi connectivity index (χ3v) is 7.42. The molecule has 0 unspecified atom stereocenters. The number of amides is 2. The Morgan fingerprint density at radius 1 is 0.619 bits per heavy atom. The second-order valence-corrected chi connectivity index (χ2v) is 10.5. The van der Waals surface area contributed by atoms with Crippen molar-refractivity contribution in [2.45, 2.75) is 77.3 Å². The molecule has 8 nitrogen and oxygen atoms in total. The molecule has 0 spiro atoms. The number of rotatable bonds is 10. The van der Waals surface area contributed by atoms with Crippen molar-refractivity contribution in [3.63, 3.8) is 0 Å². The number of nitrogens with zero attached hydrogens (tertiary/aromatic N) is 2. The van der Waals surface area contributed by atoms with E-state index in [1.165, 1.54) is 51.4 Å². The minimum Gasteiger partial charge on any atom is -0.382 e. The Kier molecular flexibility index (Phi) is 11.7. The fourth-order valence-corrected chi connectivity index (χ4v) is 5.23. The maximum atomic E-state index is 12.5. The van der Waals surface area contributed by atoms with Crippen molar-refractivity contribution < 1.29 is 9.59 Å². The lowest BCUT2D eigenvalue weighted by Crippen LogP contribution is -2.18. The van der Waals surface area contributed by atoms with Gasteiger partial charge in [0, 0.05) is 34.6 Å². The van der Waals surface area contributed by atoms with Gasteiger partial charge in [-0.15, -0.1) is 0 Å². The maximum Gasteiger partial charge on any atom is 0.271 e. The standard InChI is InChI=1S/C32H36N6O2.C2H6/c39-31(25-12-16-29(17-13-25)35-27-8-1-2-9-27)37-33-21-23-6-5-7-24(20-23)22-34-38-32(40)26-14-18-30(19-15-26)36-28-10-3-4-11-28;1-2/h5-7,12-22,27-28,35-36H,1-4,8-11H2,(H,37,39)(H,38,40);1-2H3/b33-21+,34-22+;. The van der Waals surface area contributed by atoms with E-state index in [1.54, 1.807) is 36.7 Å². The first kappa shape index (κ1) is 30.5.